The Hall–Kier alpha value is -3.56. The van der Waals surface area contributed by atoms with Crippen molar-refractivity contribution in [3.05, 3.63) is 110 Å². The second-order valence-corrected chi connectivity index (χ2v) is 13.1. The van der Waals surface area contributed by atoms with Crippen molar-refractivity contribution in [1.29, 1.82) is 5.26 Å². The summed E-state index contributed by atoms with van der Waals surface area (Å²) in [6, 6.07) is 23.9. The Morgan fingerprint density at radius 2 is 1.44 bits per heavy atom. The van der Waals surface area contributed by atoms with Crippen LogP contribution in [0.1, 0.15) is 42.0 Å². The summed E-state index contributed by atoms with van der Waals surface area (Å²) < 4.78 is 18.4. The van der Waals surface area contributed by atoms with E-state index >= 15 is 0 Å². The first kappa shape index (κ1) is 39.2. The molecule has 0 fully saturated rings. The second kappa shape index (κ2) is 19.7. The Morgan fingerprint density at radius 1 is 0.740 bits per heavy atom. The average molecular weight is 743 g/mol. The molecule has 4 rings (SSSR count). The summed E-state index contributed by atoms with van der Waals surface area (Å²) in [5.74, 6) is 1.40. The molecule has 0 aliphatic carbocycles. The van der Waals surface area contributed by atoms with Crippen LogP contribution in [-0.2, 0) is 19.8 Å². The maximum absolute atomic E-state index is 9.77. The fourth-order valence-electron chi connectivity index (χ4n) is 4.91. The fraction of sp³-hybridized carbons (Fsp3) is 0.342. The van der Waals surface area contributed by atoms with Crippen LogP contribution in [0.4, 0.5) is 0 Å². The van der Waals surface area contributed by atoms with Crippen LogP contribution in [-0.4, -0.2) is 60.4 Å². The lowest BCUT2D eigenvalue weighted by molar-refractivity contribution is 0.103. The Kier molecular flexibility index (Phi) is 15.5. The van der Waals surface area contributed by atoms with Gasteiger partial charge in [-0.05, 0) is 62.7 Å². The molecule has 0 saturated heterocycles. The van der Waals surface area contributed by atoms with E-state index in [2.05, 4.69) is 16.7 Å². The van der Waals surface area contributed by atoms with Gasteiger partial charge in [0.15, 0.2) is 0 Å². The molecule has 50 heavy (non-hydrogen) atoms. The van der Waals surface area contributed by atoms with Crippen molar-refractivity contribution < 1.29 is 29.5 Å². The minimum absolute atomic E-state index is 0.0951. The van der Waals surface area contributed by atoms with Crippen LogP contribution < -0.4 is 24.8 Å². The number of hydrogen-bond donors (Lipinski definition) is 5. The standard InChI is InChI=1S/C38H42Cl3N3O6/c1-38(24-46,25-47)44-21-29-18-32(39)35(19-34(29)49-22-27-8-2-7-26(17-27)20-42)50-23-28-9-3-10-30(36(28)40)31-11-4-12-33(37(31)41)48-16-6-14-43-13-5-15-45/h2-4,7-12,17-19,43-47H,5-6,13-16,21-25H2,1H3. The molecule has 0 spiro atoms. The fourth-order valence-corrected chi connectivity index (χ4v) is 5.72. The molecule has 0 radical (unpaired) electrons. The van der Waals surface area contributed by atoms with E-state index in [1.165, 1.54) is 0 Å². The van der Waals surface area contributed by atoms with Crippen LogP contribution in [0.5, 0.6) is 17.2 Å². The summed E-state index contributed by atoms with van der Waals surface area (Å²) in [7, 11) is 0. The number of rotatable bonds is 20. The molecule has 0 saturated carbocycles. The molecule has 266 valence electrons. The highest BCUT2D eigenvalue weighted by Gasteiger charge is 2.23. The molecule has 4 aromatic rings. The molecule has 9 nitrogen and oxygen atoms in total. The van der Waals surface area contributed by atoms with Gasteiger partial charge in [-0.1, -0.05) is 77.3 Å². The highest BCUT2D eigenvalue weighted by atomic mass is 35.5. The number of halogens is 3. The SMILES string of the molecule is CC(CO)(CO)NCc1cc(Cl)c(OCc2cccc(-c3cccc(OCCCNCCCO)c3Cl)c2Cl)cc1OCc1cccc(C#N)c1. The molecule has 0 atom stereocenters. The van der Waals surface area contributed by atoms with Gasteiger partial charge in [0, 0.05) is 41.5 Å². The number of nitriles is 1. The topological polar surface area (TPSA) is 136 Å². The summed E-state index contributed by atoms with van der Waals surface area (Å²) in [6.07, 6.45) is 1.50. The summed E-state index contributed by atoms with van der Waals surface area (Å²) >= 11 is 20.4. The zero-order valence-corrected chi connectivity index (χ0v) is 30.1. The monoisotopic (exact) mass is 741 g/mol. The van der Waals surface area contributed by atoms with E-state index in [0.29, 0.717) is 62.0 Å². The van der Waals surface area contributed by atoms with E-state index in [-0.39, 0.29) is 39.6 Å². The normalized spacial score (nSPS) is 11.3. The van der Waals surface area contributed by atoms with E-state index < -0.39 is 5.54 Å². The number of nitrogens with zero attached hydrogens (tertiary/aromatic N) is 1. The minimum atomic E-state index is -0.922. The third-order valence-corrected chi connectivity index (χ3v) is 9.08. The van der Waals surface area contributed by atoms with Crippen molar-refractivity contribution in [1.82, 2.24) is 10.6 Å². The first-order valence-electron chi connectivity index (χ1n) is 16.3. The van der Waals surface area contributed by atoms with Gasteiger partial charge >= 0.3 is 0 Å². The van der Waals surface area contributed by atoms with Gasteiger partial charge in [0.2, 0.25) is 0 Å². The number of ether oxygens (including phenoxy) is 3. The van der Waals surface area contributed by atoms with E-state index in [4.69, 9.17) is 54.1 Å². The highest BCUT2D eigenvalue weighted by Crippen LogP contribution is 2.40. The molecule has 0 heterocycles. The van der Waals surface area contributed by atoms with Gasteiger partial charge in [0.05, 0.1) is 52.1 Å². The van der Waals surface area contributed by atoms with Crippen LogP contribution in [0.2, 0.25) is 15.1 Å². The quantitative estimate of drug-likeness (QED) is 0.0612. The highest BCUT2D eigenvalue weighted by molar-refractivity contribution is 6.37. The molecule has 0 unspecified atom stereocenters. The Morgan fingerprint density at radius 3 is 2.18 bits per heavy atom. The van der Waals surface area contributed by atoms with E-state index in [1.54, 1.807) is 37.3 Å². The van der Waals surface area contributed by atoms with Crippen molar-refractivity contribution in [2.24, 2.45) is 0 Å². The van der Waals surface area contributed by atoms with Gasteiger partial charge < -0.3 is 40.2 Å². The molecule has 5 N–H and O–H groups in total. The van der Waals surface area contributed by atoms with E-state index in [1.807, 2.05) is 42.5 Å². The average Bonchev–Trinajstić information content (AvgIpc) is 3.13. The van der Waals surface area contributed by atoms with Gasteiger partial charge in [0.25, 0.3) is 0 Å². The zero-order chi connectivity index (χ0) is 35.9. The first-order valence-corrected chi connectivity index (χ1v) is 17.4. The summed E-state index contributed by atoms with van der Waals surface area (Å²) in [5, 5.41) is 45.4. The lowest BCUT2D eigenvalue weighted by atomic mass is 10.0. The predicted octanol–water partition coefficient (Wildman–Crippen LogP) is 6.92. The molecule has 0 aliphatic rings. The van der Waals surface area contributed by atoms with Crippen LogP contribution in [0.3, 0.4) is 0 Å². The molecular formula is C38H42Cl3N3O6. The number of aliphatic hydroxyl groups is 3. The maximum Gasteiger partial charge on any atom is 0.142 e. The van der Waals surface area contributed by atoms with Crippen LogP contribution in [0.25, 0.3) is 11.1 Å². The third-order valence-electron chi connectivity index (χ3n) is 7.95. The number of hydrogen-bond acceptors (Lipinski definition) is 9. The van der Waals surface area contributed by atoms with Crippen molar-refractivity contribution in [3.8, 4) is 34.4 Å². The molecule has 0 aromatic heterocycles. The van der Waals surface area contributed by atoms with Crippen LogP contribution in [0, 0.1) is 11.3 Å². The molecule has 0 aliphatic heterocycles. The van der Waals surface area contributed by atoms with Gasteiger partial charge in [-0.15, -0.1) is 0 Å². The van der Waals surface area contributed by atoms with Crippen molar-refractivity contribution in [2.75, 3.05) is 39.5 Å². The predicted molar refractivity (Wildman–Crippen MR) is 197 cm³/mol. The molecular weight excluding hydrogens is 701 g/mol. The lowest BCUT2D eigenvalue weighted by Crippen LogP contribution is -2.48. The summed E-state index contributed by atoms with van der Waals surface area (Å²) in [4.78, 5) is 0. The largest absolute Gasteiger partial charge is 0.492 e. The second-order valence-electron chi connectivity index (χ2n) is 11.9. The number of nitrogens with one attached hydrogen (secondary N) is 2. The Bertz CT molecular complexity index is 1750. The number of benzene rings is 4. The Balaban J connectivity index is 1.51. The molecule has 0 amide bonds. The Labute approximate surface area is 308 Å². The number of aliphatic hydroxyl groups excluding tert-OH is 3. The lowest BCUT2D eigenvalue weighted by Gasteiger charge is -2.27. The van der Waals surface area contributed by atoms with Crippen LogP contribution in [0.15, 0.2) is 72.8 Å². The molecule has 4 aromatic carbocycles. The van der Waals surface area contributed by atoms with Gasteiger partial charge in [0.1, 0.15) is 30.5 Å². The van der Waals surface area contributed by atoms with Crippen molar-refractivity contribution in [2.45, 2.75) is 45.1 Å². The zero-order valence-electron chi connectivity index (χ0n) is 27.9. The molecule has 12 heteroatoms. The third kappa shape index (κ3) is 11.0. The van der Waals surface area contributed by atoms with Crippen LogP contribution >= 0.6 is 34.8 Å². The van der Waals surface area contributed by atoms with E-state index in [0.717, 1.165) is 36.2 Å². The summed E-state index contributed by atoms with van der Waals surface area (Å²) in [6.45, 7) is 3.84. The van der Waals surface area contributed by atoms with Gasteiger partial charge in [-0.2, -0.15) is 5.26 Å². The van der Waals surface area contributed by atoms with Gasteiger partial charge in [-0.3, -0.25) is 0 Å². The summed E-state index contributed by atoms with van der Waals surface area (Å²) in [5.41, 5.74) is 3.24. The maximum atomic E-state index is 9.77. The minimum Gasteiger partial charge on any atom is -0.492 e. The van der Waals surface area contributed by atoms with Crippen molar-refractivity contribution >= 4 is 34.8 Å². The smallest absolute Gasteiger partial charge is 0.142 e. The van der Waals surface area contributed by atoms with Gasteiger partial charge in [-0.25, -0.2) is 0 Å². The first-order chi connectivity index (χ1) is 24.2. The van der Waals surface area contributed by atoms with Crippen molar-refractivity contribution in [3.63, 3.8) is 0 Å². The van der Waals surface area contributed by atoms with E-state index in [9.17, 15) is 15.5 Å². The molecule has 0 bridgehead atoms.